The van der Waals surface area contributed by atoms with Gasteiger partial charge in [-0.15, -0.1) is 12.4 Å². The minimum Gasteiger partial charge on any atom is -0.480 e. The fourth-order valence-electron chi connectivity index (χ4n) is 1.57. The molecule has 6 heteroatoms. The number of aliphatic carboxylic acids is 1. The van der Waals surface area contributed by atoms with Crippen LogP contribution in [0.15, 0.2) is 30.3 Å². The van der Waals surface area contributed by atoms with Crippen LogP contribution in [0, 0.1) is 0 Å². The molecule has 1 aromatic rings. The summed E-state index contributed by atoms with van der Waals surface area (Å²) in [4.78, 5) is 21.9. The minimum absolute atomic E-state index is 0. The molecule has 0 heterocycles. The zero-order chi connectivity index (χ0) is 14.1. The van der Waals surface area contributed by atoms with Crippen LogP contribution in [-0.2, 0) is 20.9 Å². The average molecular weight is 302 g/mol. The number of carbonyl (C=O) groups is 2. The highest BCUT2D eigenvalue weighted by Gasteiger charge is 2.11. The lowest BCUT2D eigenvalue weighted by Crippen LogP contribution is -2.29. The van der Waals surface area contributed by atoms with Crippen molar-refractivity contribution in [2.45, 2.75) is 38.3 Å². The fraction of sp³-hybridized carbons (Fsp3) is 0.429. The van der Waals surface area contributed by atoms with Crippen molar-refractivity contribution in [3.05, 3.63) is 35.9 Å². The second-order valence-corrected chi connectivity index (χ2v) is 4.34. The van der Waals surface area contributed by atoms with Gasteiger partial charge in [0.2, 0.25) is 0 Å². The Morgan fingerprint density at radius 1 is 1.20 bits per heavy atom. The van der Waals surface area contributed by atoms with Crippen LogP contribution in [0.5, 0.6) is 0 Å². The topological polar surface area (TPSA) is 89.6 Å². The number of hydrogen-bond donors (Lipinski definition) is 2. The molecule has 0 aromatic heterocycles. The number of esters is 1. The Bertz CT molecular complexity index is 411. The number of carbonyl (C=O) groups excluding carboxylic acids is 1. The standard InChI is InChI=1S/C14H19NO4.ClH/c15-12(14(17)18)8-4-5-9-13(16)19-10-11-6-2-1-3-7-11;/h1-3,6-7,12H,4-5,8-10,15H2,(H,17,18);1H. The van der Waals surface area contributed by atoms with E-state index in [2.05, 4.69) is 0 Å². The van der Waals surface area contributed by atoms with Crippen LogP contribution in [0.2, 0.25) is 0 Å². The Hall–Kier alpha value is -1.59. The number of rotatable bonds is 8. The molecule has 0 saturated heterocycles. The molecular weight excluding hydrogens is 282 g/mol. The van der Waals surface area contributed by atoms with Gasteiger partial charge in [-0.1, -0.05) is 36.8 Å². The van der Waals surface area contributed by atoms with E-state index in [1.165, 1.54) is 0 Å². The summed E-state index contributed by atoms with van der Waals surface area (Å²) < 4.78 is 5.10. The zero-order valence-electron chi connectivity index (χ0n) is 11.2. The normalized spacial score (nSPS) is 11.2. The Kier molecular flexibility index (Phi) is 9.41. The van der Waals surface area contributed by atoms with E-state index in [1.807, 2.05) is 30.3 Å². The van der Waals surface area contributed by atoms with E-state index in [9.17, 15) is 9.59 Å². The first-order chi connectivity index (χ1) is 9.09. The number of carboxylic acid groups (broad SMARTS) is 1. The number of ether oxygens (including phenoxy) is 1. The predicted molar refractivity (Wildman–Crippen MR) is 77.6 cm³/mol. The molecule has 0 aliphatic carbocycles. The molecule has 20 heavy (non-hydrogen) atoms. The maximum Gasteiger partial charge on any atom is 0.320 e. The molecule has 0 fully saturated rings. The van der Waals surface area contributed by atoms with Crippen molar-refractivity contribution < 1.29 is 19.4 Å². The van der Waals surface area contributed by atoms with Gasteiger partial charge in [0.25, 0.3) is 0 Å². The smallest absolute Gasteiger partial charge is 0.320 e. The van der Waals surface area contributed by atoms with E-state index in [-0.39, 0.29) is 25.0 Å². The third-order valence-electron chi connectivity index (χ3n) is 2.71. The van der Waals surface area contributed by atoms with Crippen molar-refractivity contribution in [3.8, 4) is 0 Å². The monoisotopic (exact) mass is 301 g/mol. The molecule has 0 radical (unpaired) electrons. The molecule has 5 nitrogen and oxygen atoms in total. The summed E-state index contributed by atoms with van der Waals surface area (Å²) in [6, 6.07) is 8.60. The average Bonchev–Trinajstić information content (AvgIpc) is 2.42. The Balaban J connectivity index is 0.00000361. The Labute approximate surface area is 124 Å². The van der Waals surface area contributed by atoms with E-state index in [1.54, 1.807) is 0 Å². The van der Waals surface area contributed by atoms with Crippen LogP contribution >= 0.6 is 12.4 Å². The summed E-state index contributed by atoms with van der Waals surface area (Å²) in [5.74, 6) is -1.28. The molecule has 1 atom stereocenters. The van der Waals surface area contributed by atoms with Crippen molar-refractivity contribution in [2.75, 3.05) is 0 Å². The maximum absolute atomic E-state index is 11.4. The number of nitrogens with two attached hydrogens (primary N) is 1. The second kappa shape index (κ2) is 10.2. The summed E-state index contributed by atoms with van der Waals surface area (Å²) in [6.45, 7) is 0.272. The molecule has 0 aliphatic heterocycles. The third-order valence-corrected chi connectivity index (χ3v) is 2.71. The van der Waals surface area contributed by atoms with Gasteiger partial charge < -0.3 is 15.6 Å². The van der Waals surface area contributed by atoms with Crippen molar-refractivity contribution >= 4 is 24.3 Å². The first kappa shape index (κ1) is 18.4. The van der Waals surface area contributed by atoms with Gasteiger partial charge in [-0.25, -0.2) is 0 Å². The van der Waals surface area contributed by atoms with Gasteiger partial charge in [-0.05, 0) is 18.4 Å². The largest absolute Gasteiger partial charge is 0.480 e. The molecule has 0 amide bonds. The van der Waals surface area contributed by atoms with Gasteiger partial charge in [-0.3, -0.25) is 9.59 Å². The van der Waals surface area contributed by atoms with Crippen LogP contribution in [0.3, 0.4) is 0 Å². The highest BCUT2D eigenvalue weighted by atomic mass is 35.5. The van der Waals surface area contributed by atoms with Crippen LogP contribution in [0.4, 0.5) is 0 Å². The van der Waals surface area contributed by atoms with Gasteiger partial charge in [0, 0.05) is 6.42 Å². The summed E-state index contributed by atoms with van der Waals surface area (Å²) in [5, 5.41) is 8.58. The first-order valence-electron chi connectivity index (χ1n) is 6.27. The van der Waals surface area contributed by atoms with E-state index < -0.39 is 12.0 Å². The quantitative estimate of drug-likeness (QED) is 0.567. The molecule has 0 bridgehead atoms. The lowest BCUT2D eigenvalue weighted by molar-refractivity contribution is -0.145. The summed E-state index contributed by atoms with van der Waals surface area (Å²) in [6.07, 6.45) is 1.86. The lowest BCUT2D eigenvalue weighted by atomic mass is 10.1. The van der Waals surface area contributed by atoms with E-state index in [0.29, 0.717) is 25.7 Å². The molecule has 1 aromatic carbocycles. The highest BCUT2D eigenvalue weighted by Crippen LogP contribution is 2.06. The van der Waals surface area contributed by atoms with Crippen molar-refractivity contribution in [1.29, 1.82) is 0 Å². The summed E-state index contributed by atoms with van der Waals surface area (Å²) >= 11 is 0. The number of unbranched alkanes of at least 4 members (excludes halogenated alkanes) is 1. The first-order valence-corrected chi connectivity index (χ1v) is 6.27. The predicted octanol–water partition coefficient (Wildman–Crippen LogP) is 2.12. The SMILES string of the molecule is Cl.NC(CCCCC(=O)OCc1ccccc1)C(=O)O. The number of benzene rings is 1. The Morgan fingerprint density at radius 3 is 2.45 bits per heavy atom. The van der Waals surface area contributed by atoms with Gasteiger partial charge in [0.15, 0.2) is 0 Å². The molecule has 112 valence electrons. The van der Waals surface area contributed by atoms with Crippen LogP contribution in [0.25, 0.3) is 0 Å². The molecule has 0 saturated carbocycles. The maximum atomic E-state index is 11.4. The Morgan fingerprint density at radius 2 is 1.85 bits per heavy atom. The van der Waals surface area contributed by atoms with E-state index in [4.69, 9.17) is 15.6 Å². The van der Waals surface area contributed by atoms with Gasteiger partial charge >= 0.3 is 11.9 Å². The lowest BCUT2D eigenvalue weighted by Gasteiger charge is -2.06. The van der Waals surface area contributed by atoms with E-state index >= 15 is 0 Å². The van der Waals surface area contributed by atoms with Gasteiger partial charge in [0.05, 0.1) is 0 Å². The summed E-state index contributed by atoms with van der Waals surface area (Å²) in [5.41, 5.74) is 6.30. The number of carboxylic acids is 1. The molecule has 3 N–H and O–H groups in total. The molecular formula is C14H20ClNO4. The highest BCUT2D eigenvalue weighted by molar-refractivity contribution is 5.85. The van der Waals surface area contributed by atoms with E-state index in [0.717, 1.165) is 5.56 Å². The van der Waals surface area contributed by atoms with Crippen molar-refractivity contribution in [1.82, 2.24) is 0 Å². The van der Waals surface area contributed by atoms with Crippen LogP contribution in [-0.4, -0.2) is 23.1 Å². The van der Waals surface area contributed by atoms with Crippen LogP contribution in [0.1, 0.15) is 31.2 Å². The van der Waals surface area contributed by atoms with Crippen LogP contribution < -0.4 is 5.73 Å². The van der Waals surface area contributed by atoms with Gasteiger partial charge in [0.1, 0.15) is 12.6 Å². The van der Waals surface area contributed by atoms with Crippen molar-refractivity contribution in [3.63, 3.8) is 0 Å². The zero-order valence-corrected chi connectivity index (χ0v) is 12.0. The summed E-state index contributed by atoms with van der Waals surface area (Å²) in [7, 11) is 0. The molecule has 0 aliphatic rings. The number of hydrogen-bond acceptors (Lipinski definition) is 4. The molecule has 0 spiro atoms. The minimum atomic E-state index is -1.01. The van der Waals surface area contributed by atoms with Gasteiger partial charge in [-0.2, -0.15) is 0 Å². The fourth-order valence-corrected chi connectivity index (χ4v) is 1.57. The second-order valence-electron chi connectivity index (χ2n) is 4.34. The molecule has 1 rings (SSSR count). The number of halogens is 1. The third kappa shape index (κ3) is 7.76. The molecule has 1 unspecified atom stereocenters. The van der Waals surface area contributed by atoms with Crippen molar-refractivity contribution in [2.24, 2.45) is 5.73 Å².